The molecular weight excluding hydrogens is 222 g/mol. The summed E-state index contributed by atoms with van der Waals surface area (Å²) in [5, 5.41) is 11.5. The molecule has 90 valence electrons. The first-order valence-corrected chi connectivity index (χ1v) is 4.97. The molecule has 0 aromatic carbocycles. The van der Waals surface area contributed by atoms with Gasteiger partial charge in [0.25, 0.3) is 11.5 Å². The van der Waals surface area contributed by atoms with Gasteiger partial charge in [-0.2, -0.15) is 4.98 Å². The third-order valence-electron chi connectivity index (χ3n) is 1.88. The van der Waals surface area contributed by atoms with E-state index in [4.69, 9.17) is 5.11 Å². The minimum absolute atomic E-state index is 0.0937. The van der Waals surface area contributed by atoms with Crippen molar-refractivity contribution in [2.75, 3.05) is 5.32 Å². The average molecular weight is 235 g/mol. The van der Waals surface area contributed by atoms with E-state index in [0.29, 0.717) is 5.57 Å². The molecule has 0 radical (unpaired) electrons. The molecule has 1 amide bonds. The second kappa shape index (κ2) is 5.64. The minimum Gasteiger partial charge on any atom is -0.493 e. The fourth-order valence-corrected chi connectivity index (χ4v) is 1.17. The largest absolute Gasteiger partial charge is 0.493 e. The van der Waals surface area contributed by atoms with Crippen molar-refractivity contribution in [3.05, 3.63) is 40.2 Å². The number of carbonyl (C=O) groups excluding carboxylic acids is 1. The van der Waals surface area contributed by atoms with Gasteiger partial charge in [-0.25, -0.2) is 0 Å². The van der Waals surface area contributed by atoms with E-state index in [0.717, 1.165) is 6.07 Å². The lowest BCUT2D eigenvalue weighted by molar-refractivity contribution is -0.112. The number of allylic oxidation sites excluding steroid dienone is 2. The minimum atomic E-state index is -0.541. The maximum atomic E-state index is 11.7. The van der Waals surface area contributed by atoms with Gasteiger partial charge in [-0.15, -0.1) is 0 Å². The number of nitrogens with zero attached hydrogens (tertiary/aromatic N) is 1. The van der Waals surface area contributed by atoms with E-state index in [1.165, 1.54) is 0 Å². The Morgan fingerprint density at radius 2 is 2.24 bits per heavy atom. The third-order valence-corrected chi connectivity index (χ3v) is 1.88. The molecule has 0 spiro atoms. The fraction of sp³-hybridized carbons (Fsp3) is 0.182. The normalized spacial score (nSPS) is 11.8. The van der Waals surface area contributed by atoms with Crippen LogP contribution in [0.15, 0.2) is 34.7 Å². The number of aromatic nitrogens is 2. The van der Waals surface area contributed by atoms with Gasteiger partial charge < -0.3 is 5.11 Å². The molecule has 17 heavy (non-hydrogen) atoms. The van der Waals surface area contributed by atoms with E-state index in [-0.39, 0.29) is 5.95 Å². The van der Waals surface area contributed by atoms with Crippen LogP contribution in [0.5, 0.6) is 5.88 Å². The SMILES string of the molecule is CC=CC(=CC)C(=O)Nc1nc(O)cc(=O)[nH]1. The summed E-state index contributed by atoms with van der Waals surface area (Å²) in [6.07, 6.45) is 4.96. The molecule has 0 aliphatic carbocycles. The van der Waals surface area contributed by atoms with Crippen LogP contribution in [-0.4, -0.2) is 21.0 Å². The van der Waals surface area contributed by atoms with Crippen molar-refractivity contribution in [1.82, 2.24) is 9.97 Å². The van der Waals surface area contributed by atoms with Crippen LogP contribution in [0.25, 0.3) is 0 Å². The van der Waals surface area contributed by atoms with E-state index >= 15 is 0 Å². The molecule has 0 atom stereocenters. The lowest BCUT2D eigenvalue weighted by Crippen LogP contribution is -2.18. The number of aromatic amines is 1. The quantitative estimate of drug-likeness (QED) is 0.536. The van der Waals surface area contributed by atoms with Crippen LogP contribution in [0, 0.1) is 0 Å². The van der Waals surface area contributed by atoms with Crippen molar-refractivity contribution >= 4 is 11.9 Å². The van der Waals surface area contributed by atoms with E-state index in [9.17, 15) is 9.59 Å². The van der Waals surface area contributed by atoms with Crippen LogP contribution in [-0.2, 0) is 4.79 Å². The van der Waals surface area contributed by atoms with E-state index in [2.05, 4.69) is 15.3 Å². The summed E-state index contributed by atoms with van der Waals surface area (Å²) in [5.41, 5.74) is -0.112. The van der Waals surface area contributed by atoms with E-state index in [1.807, 2.05) is 0 Å². The van der Waals surface area contributed by atoms with Gasteiger partial charge in [-0.3, -0.25) is 19.9 Å². The Morgan fingerprint density at radius 3 is 2.76 bits per heavy atom. The molecule has 1 heterocycles. The molecule has 0 aliphatic rings. The number of carbonyl (C=O) groups is 1. The summed E-state index contributed by atoms with van der Waals surface area (Å²) in [4.78, 5) is 28.6. The van der Waals surface area contributed by atoms with E-state index < -0.39 is 17.3 Å². The maximum Gasteiger partial charge on any atom is 0.257 e. The summed E-state index contributed by atoms with van der Waals surface area (Å²) >= 11 is 0. The second-order valence-corrected chi connectivity index (χ2v) is 3.15. The molecule has 6 nitrogen and oxygen atoms in total. The van der Waals surface area contributed by atoms with Gasteiger partial charge in [0.05, 0.1) is 6.07 Å². The summed E-state index contributed by atoms with van der Waals surface area (Å²) in [7, 11) is 0. The number of amides is 1. The predicted octanol–water partition coefficient (Wildman–Crippen LogP) is 0.936. The van der Waals surface area contributed by atoms with Gasteiger partial charge in [0, 0.05) is 5.57 Å². The number of anilines is 1. The Balaban J connectivity index is 2.91. The third kappa shape index (κ3) is 3.60. The number of hydrogen-bond donors (Lipinski definition) is 3. The van der Waals surface area contributed by atoms with E-state index in [1.54, 1.807) is 32.1 Å². The van der Waals surface area contributed by atoms with Crippen LogP contribution in [0.2, 0.25) is 0 Å². The predicted molar refractivity (Wildman–Crippen MR) is 63.7 cm³/mol. The maximum absolute atomic E-state index is 11.7. The smallest absolute Gasteiger partial charge is 0.257 e. The highest BCUT2D eigenvalue weighted by Gasteiger charge is 2.08. The van der Waals surface area contributed by atoms with Gasteiger partial charge in [-0.1, -0.05) is 18.2 Å². The molecule has 0 saturated carbocycles. The molecule has 1 aromatic heterocycles. The van der Waals surface area contributed by atoms with Gasteiger partial charge >= 0.3 is 0 Å². The standard InChI is InChI=1S/C11H13N3O3/c1-3-5-7(4-2)10(17)14-11-12-8(15)6-9(16)13-11/h3-6H,1-2H3,(H3,12,13,14,15,16,17). The zero-order chi connectivity index (χ0) is 12.8. The fourth-order valence-electron chi connectivity index (χ4n) is 1.17. The molecule has 0 unspecified atom stereocenters. The zero-order valence-electron chi connectivity index (χ0n) is 9.52. The molecule has 0 aliphatic heterocycles. The Labute approximate surface area is 97.7 Å². The van der Waals surface area contributed by atoms with Crippen LogP contribution < -0.4 is 10.9 Å². The monoisotopic (exact) mass is 235 g/mol. The molecule has 1 rings (SSSR count). The molecule has 0 saturated heterocycles. The lowest BCUT2D eigenvalue weighted by atomic mass is 10.2. The Morgan fingerprint density at radius 1 is 1.53 bits per heavy atom. The van der Waals surface area contributed by atoms with Crippen molar-refractivity contribution in [2.24, 2.45) is 0 Å². The highest BCUT2D eigenvalue weighted by molar-refractivity contribution is 6.04. The van der Waals surface area contributed by atoms with Crippen molar-refractivity contribution < 1.29 is 9.90 Å². The Hall–Kier alpha value is -2.37. The van der Waals surface area contributed by atoms with Crippen LogP contribution in [0.3, 0.4) is 0 Å². The van der Waals surface area contributed by atoms with Gasteiger partial charge in [0.1, 0.15) is 0 Å². The van der Waals surface area contributed by atoms with Gasteiger partial charge in [0.2, 0.25) is 11.8 Å². The highest BCUT2D eigenvalue weighted by Crippen LogP contribution is 2.05. The molecule has 1 aromatic rings. The number of nitrogens with one attached hydrogen (secondary N) is 2. The van der Waals surface area contributed by atoms with Gasteiger partial charge in [-0.05, 0) is 13.8 Å². The Kier molecular flexibility index (Phi) is 4.21. The molecule has 3 N–H and O–H groups in total. The Bertz CT molecular complexity index is 529. The van der Waals surface area contributed by atoms with Crippen LogP contribution in [0.1, 0.15) is 13.8 Å². The second-order valence-electron chi connectivity index (χ2n) is 3.15. The summed E-state index contributed by atoms with van der Waals surface area (Å²) in [6, 6.07) is 0.915. The molecule has 6 heteroatoms. The zero-order valence-corrected chi connectivity index (χ0v) is 9.52. The molecular formula is C11H13N3O3. The topological polar surface area (TPSA) is 95.1 Å². The first-order chi connectivity index (χ1) is 8.06. The van der Waals surface area contributed by atoms with Crippen molar-refractivity contribution in [3.8, 4) is 5.88 Å². The summed E-state index contributed by atoms with van der Waals surface area (Å²) < 4.78 is 0. The van der Waals surface area contributed by atoms with Crippen molar-refractivity contribution in [2.45, 2.75) is 13.8 Å². The van der Waals surface area contributed by atoms with Crippen molar-refractivity contribution in [1.29, 1.82) is 0 Å². The average Bonchev–Trinajstić information content (AvgIpc) is 2.24. The molecule has 0 bridgehead atoms. The van der Waals surface area contributed by atoms with Gasteiger partial charge in [0.15, 0.2) is 0 Å². The number of rotatable bonds is 3. The van der Waals surface area contributed by atoms with Crippen LogP contribution in [0.4, 0.5) is 5.95 Å². The lowest BCUT2D eigenvalue weighted by Gasteiger charge is -2.04. The highest BCUT2D eigenvalue weighted by atomic mass is 16.3. The number of H-pyrrole nitrogens is 1. The number of aromatic hydroxyl groups is 1. The summed E-state index contributed by atoms with van der Waals surface area (Å²) in [6.45, 7) is 3.50. The first kappa shape index (κ1) is 12.7. The number of hydrogen-bond acceptors (Lipinski definition) is 4. The van der Waals surface area contributed by atoms with Crippen molar-refractivity contribution in [3.63, 3.8) is 0 Å². The first-order valence-electron chi connectivity index (χ1n) is 4.97. The van der Waals surface area contributed by atoms with Crippen LogP contribution >= 0.6 is 0 Å². The molecule has 0 fully saturated rings. The summed E-state index contributed by atoms with van der Waals surface area (Å²) in [5.74, 6) is -0.958.